The molecule has 8 heteroatoms. The number of carbonyl (C=O) groups excluding carboxylic acids is 1. The van der Waals surface area contributed by atoms with Gasteiger partial charge in [-0.25, -0.2) is 0 Å². The molecule has 0 aliphatic carbocycles. The Bertz CT molecular complexity index is 588. The summed E-state index contributed by atoms with van der Waals surface area (Å²) in [6.07, 6.45) is 1.89. The third-order valence-electron chi connectivity index (χ3n) is 1.98. The number of hydrogen-bond donors (Lipinski definition) is 1. The number of nitrogens with one attached hydrogen (secondary N) is 1. The van der Waals surface area contributed by atoms with E-state index in [4.69, 9.17) is 23.2 Å². The molecule has 94 valence electrons. The second-order valence-electron chi connectivity index (χ2n) is 3.16. The number of nitrogens with zero attached hydrogens (tertiary/aromatic N) is 2. The molecular formula is C10H7Cl2N3OS2. The Morgan fingerprint density at radius 3 is 2.78 bits per heavy atom. The number of aromatic nitrogens is 2. The fourth-order valence-electron chi connectivity index (χ4n) is 1.18. The molecule has 1 aromatic heterocycles. The summed E-state index contributed by atoms with van der Waals surface area (Å²) in [6.45, 7) is 0. The highest BCUT2D eigenvalue weighted by Crippen LogP contribution is 2.25. The third-order valence-corrected chi connectivity index (χ3v) is 4.34. The van der Waals surface area contributed by atoms with Crippen LogP contribution in [0, 0.1) is 0 Å². The SMILES string of the molecule is CSc1nnc(NC(=O)c2ccc(Cl)cc2Cl)s1. The van der Waals surface area contributed by atoms with Crippen LogP contribution >= 0.6 is 46.3 Å². The smallest absolute Gasteiger partial charge is 0.259 e. The maximum atomic E-state index is 11.9. The Labute approximate surface area is 122 Å². The quantitative estimate of drug-likeness (QED) is 0.690. The van der Waals surface area contributed by atoms with Crippen molar-refractivity contribution < 1.29 is 4.79 Å². The van der Waals surface area contributed by atoms with Crippen LogP contribution in [0.1, 0.15) is 10.4 Å². The van der Waals surface area contributed by atoms with E-state index >= 15 is 0 Å². The first-order valence-electron chi connectivity index (χ1n) is 4.74. The second-order valence-corrected chi connectivity index (χ2v) is 6.03. The van der Waals surface area contributed by atoms with Gasteiger partial charge in [0.25, 0.3) is 5.91 Å². The predicted octanol–water partition coefficient (Wildman–Crippen LogP) is 3.82. The summed E-state index contributed by atoms with van der Waals surface area (Å²) in [5.41, 5.74) is 0.349. The van der Waals surface area contributed by atoms with E-state index in [2.05, 4.69) is 15.5 Å². The van der Waals surface area contributed by atoms with E-state index in [9.17, 15) is 4.79 Å². The Morgan fingerprint density at radius 1 is 1.39 bits per heavy atom. The number of amides is 1. The summed E-state index contributed by atoms with van der Waals surface area (Å²) in [4.78, 5) is 11.9. The number of halogens is 2. The van der Waals surface area contributed by atoms with Crippen LogP contribution in [0.4, 0.5) is 5.13 Å². The highest BCUT2D eigenvalue weighted by Gasteiger charge is 2.13. The van der Waals surface area contributed by atoms with Gasteiger partial charge < -0.3 is 0 Å². The van der Waals surface area contributed by atoms with Gasteiger partial charge in [0.05, 0.1) is 10.6 Å². The Morgan fingerprint density at radius 2 is 2.17 bits per heavy atom. The minimum absolute atomic E-state index is 0.301. The summed E-state index contributed by atoms with van der Waals surface area (Å²) in [5.74, 6) is -0.333. The van der Waals surface area contributed by atoms with E-state index in [1.165, 1.54) is 29.2 Å². The third kappa shape index (κ3) is 3.14. The predicted molar refractivity (Wildman–Crippen MR) is 76.1 cm³/mol. The normalized spacial score (nSPS) is 10.4. The van der Waals surface area contributed by atoms with Gasteiger partial charge in [0.1, 0.15) is 0 Å². The molecule has 0 fully saturated rings. The zero-order chi connectivity index (χ0) is 13.1. The summed E-state index contributed by atoms with van der Waals surface area (Å²) < 4.78 is 0.785. The first-order valence-corrected chi connectivity index (χ1v) is 7.54. The lowest BCUT2D eigenvalue weighted by atomic mass is 10.2. The second kappa shape index (κ2) is 5.88. The van der Waals surface area contributed by atoms with E-state index in [1.807, 2.05) is 6.26 Å². The molecule has 0 saturated heterocycles. The van der Waals surface area contributed by atoms with Crippen LogP contribution in [-0.2, 0) is 0 Å². The lowest BCUT2D eigenvalue weighted by Gasteiger charge is -2.03. The summed E-state index contributed by atoms with van der Waals surface area (Å²) in [7, 11) is 0. The zero-order valence-electron chi connectivity index (χ0n) is 9.11. The van der Waals surface area contributed by atoms with Gasteiger partial charge in [-0.15, -0.1) is 10.2 Å². The first-order chi connectivity index (χ1) is 8.60. The average molecular weight is 320 g/mol. The van der Waals surface area contributed by atoms with Crippen molar-refractivity contribution in [2.24, 2.45) is 0 Å². The molecule has 0 unspecified atom stereocenters. The molecule has 0 atom stereocenters. The van der Waals surface area contributed by atoms with Crippen LogP contribution in [0.25, 0.3) is 0 Å². The van der Waals surface area contributed by atoms with E-state index in [0.717, 1.165) is 4.34 Å². The lowest BCUT2D eigenvalue weighted by molar-refractivity contribution is 0.102. The molecule has 18 heavy (non-hydrogen) atoms. The fourth-order valence-corrected chi connectivity index (χ4v) is 2.84. The van der Waals surface area contributed by atoms with Gasteiger partial charge >= 0.3 is 0 Å². The highest BCUT2D eigenvalue weighted by molar-refractivity contribution is 8.00. The van der Waals surface area contributed by atoms with Crippen molar-refractivity contribution >= 4 is 57.3 Å². The van der Waals surface area contributed by atoms with Crippen LogP contribution in [0.3, 0.4) is 0 Å². The van der Waals surface area contributed by atoms with E-state index < -0.39 is 0 Å². The molecule has 0 aliphatic rings. The molecule has 0 bridgehead atoms. The van der Waals surface area contributed by atoms with Crippen molar-refractivity contribution in [2.45, 2.75) is 4.34 Å². The number of hydrogen-bond acceptors (Lipinski definition) is 5. The Balaban J connectivity index is 2.16. The average Bonchev–Trinajstić information content (AvgIpc) is 2.76. The van der Waals surface area contributed by atoms with Gasteiger partial charge in [-0.1, -0.05) is 46.3 Å². The standard InChI is InChI=1S/C10H7Cl2N3OS2/c1-17-10-15-14-9(18-10)13-8(16)6-3-2-5(11)4-7(6)12/h2-4H,1H3,(H,13,14,16). The van der Waals surface area contributed by atoms with E-state index in [-0.39, 0.29) is 5.91 Å². The number of rotatable bonds is 3. The van der Waals surface area contributed by atoms with Crippen molar-refractivity contribution in [2.75, 3.05) is 11.6 Å². The number of thioether (sulfide) groups is 1. The minimum Gasteiger partial charge on any atom is -0.296 e. The lowest BCUT2D eigenvalue weighted by Crippen LogP contribution is -2.12. The van der Waals surface area contributed by atoms with Gasteiger partial charge in [-0.05, 0) is 24.5 Å². The van der Waals surface area contributed by atoms with Crippen LogP contribution in [-0.4, -0.2) is 22.4 Å². The van der Waals surface area contributed by atoms with Crippen molar-refractivity contribution in [1.29, 1.82) is 0 Å². The summed E-state index contributed by atoms with van der Waals surface area (Å²) in [6, 6.07) is 4.69. The molecule has 0 saturated carbocycles. The monoisotopic (exact) mass is 319 g/mol. The van der Waals surface area contributed by atoms with E-state index in [1.54, 1.807) is 12.1 Å². The topological polar surface area (TPSA) is 54.9 Å². The largest absolute Gasteiger partial charge is 0.296 e. The maximum Gasteiger partial charge on any atom is 0.259 e. The number of carbonyl (C=O) groups is 1. The van der Waals surface area contributed by atoms with Crippen LogP contribution in [0.15, 0.2) is 22.5 Å². The van der Waals surface area contributed by atoms with Crippen molar-refractivity contribution in [3.8, 4) is 0 Å². The Hall–Kier alpha value is -0.820. The molecule has 1 aromatic carbocycles. The molecule has 0 aliphatic heterocycles. The van der Waals surface area contributed by atoms with Gasteiger partial charge in [-0.3, -0.25) is 10.1 Å². The van der Waals surface area contributed by atoms with Crippen LogP contribution in [0.5, 0.6) is 0 Å². The van der Waals surface area contributed by atoms with Gasteiger partial charge in [0, 0.05) is 5.02 Å². The van der Waals surface area contributed by atoms with Gasteiger partial charge in [0.15, 0.2) is 4.34 Å². The first kappa shape index (κ1) is 13.6. The molecule has 1 heterocycles. The van der Waals surface area contributed by atoms with Gasteiger partial charge in [0.2, 0.25) is 5.13 Å². The number of benzene rings is 1. The molecule has 1 amide bonds. The molecule has 4 nitrogen and oxygen atoms in total. The fraction of sp³-hybridized carbons (Fsp3) is 0.100. The molecule has 1 N–H and O–H groups in total. The highest BCUT2D eigenvalue weighted by atomic mass is 35.5. The molecule has 0 spiro atoms. The Kier molecular flexibility index (Phi) is 4.45. The van der Waals surface area contributed by atoms with Crippen LogP contribution in [0.2, 0.25) is 10.0 Å². The molecule has 0 radical (unpaired) electrons. The maximum absolute atomic E-state index is 11.9. The van der Waals surface area contributed by atoms with Gasteiger partial charge in [-0.2, -0.15) is 0 Å². The molecule has 2 rings (SSSR count). The van der Waals surface area contributed by atoms with Crippen LogP contribution < -0.4 is 5.32 Å². The van der Waals surface area contributed by atoms with Crippen molar-refractivity contribution in [1.82, 2.24) is 10.2 Å². The van der Waals surface area contributed by atoms with Crippen molar-refractivity contribution in [3.05, 3.63) is 33.8 Å². The zero-order valence-corrected chi connectivity index (χ0v) is 12.3. The minimum atomic E-state index is -0.333. The molecular weight excluding hydrogens is 313 g/mol. The summed E-state index contributed by atoms with van der Waals surface area (Å²) >= 11 is 14.5. The molecule has 2 aromatic rings. The number of anilines is 1. The van der Waals surface area contributed by atoms with Crippen molar-refractivity contribution in [3.63, 3.8) is 0 Å². The summed E-state index contributed by atoms with van der Waals surface area (Å²) in [5, 5.41) is 11.6. The van der Waals surface area contributed by atoms with E-state index in [0.29, 0.717) is 20.7 Å².